The van der Waals surface area contributed by atoms with Crippen molar-refractivity contribution in [3.63, 3.8) is 0 Å². The van der Waals surface area contributed by atoms with Crippen LogP contribution in [0.5, 0.6) is 0 Å². The number of furan rings is 1. The predicted octanol–water partition coefficient (Wildman–Crippen LogP) is 3.09. The van der Waals surface area contributed by atoms with Crippen molar-refractivity contribution < 1.29 is 9.15 Å². The highest BCUT2D eigenvalue weighted by molar-refractivity contribution is 5.20. The largest absolute Gasteiger partial charge is 0.463 e. The van der Waals surface area contributed by atoms with Crippen LogP contribution in [-0.4, -0.2) is 37.2 Å². The molecule has 0 aromatic carbocycles. The first kappa shape index (κ1) is 16.5. The zero-order chi connectivity index (χ0) is 15.1. The van der Waals surface area contributed by atoms with Gasteiger partial charge in [0.2, 0.25) is 0 Å². The number of aryl methyl sites for hydroxylation is 1. The van der Waals surface area contributed by atoms with E-state index in [0.717, 1.165) is 57.3 Å². The van der Waals surface area contributed by atoms with Crippen LogP contribution in [0.15, 0.2) is 10.5 Å². The standard InChI is InChI=1S/C17H30N2O2/c1-4-8-18-11-17-14(3)10-16(21-17)13-19-9-6-7-15(12-19)20-5-2/h10,15,18H,4-9,11-13H2,1-3H3. The summed E-state index contributed by atoms with van der Waals surface area (Å²) in [7, 11) is 0. The molecule has 2 rings (SSSR count). The van der Waals surface area contributed by atoms with Crippen molar-refractivity contribution >= 4 is 0 Å². The average Bonchev–Trinajstić information content (AvgIpc) is 2.80. The molecule has 1 unspecified atom stereocenters. The van der Waals surface area contributed by atoms with Gasteiger partial charge in [-0.05, 0) is 57.8 Å². The number of rotatable bonds is 8. The predicted molar refractivity (Wildman–Crippen MR) is 85.4 cm³/mol. The quantitative estimate of drug-likeness (QED) is 0.748. The molecule has 0 amide bonds. The minimum atomic E-state index is 0.394. The van der Waals surface area contributed by atoms with E-state index in [9.17, 15) is 0 Å². The van der Waals surface area contributed by atoms with Crippen LogP contribution in [0.25, 0.3) is 0 Å². The van der Waals surface area contributed by atoms with Gasteiger partial charge in [-0.25, -0.2) is 0 Å². The third-order valence-electron chi connectivity index (χ3n) is 4.03. The molecule has 0 saturated carbocycles. The molecule has 0 radical (unpaired) electrons. The van der Waals surface area contributed by atoms with Crippen molar-refractivity contribution in [3.05, 3.63) is 23.2 Å². The zero-order valence-electron chi connectivity index (χ0n) is 13.8. The summed E-state index contributed by atoms with van der Waals surface area (Å²) in [5.41, 5.74) is 1.26. The summed E-state index contributed by atoms with van der Waals surface area (Å²) in [5.74, 6) is 2.16. The fourth-order valence-electron chi connectivity index (χ4n) is 2.97. The minimum Gasteiger partial charge on any atom is -0.463 e. The van der Waals surface area contributed by atoms with Crippen LogP contribution in [-0.2, 0) is 17.8 Å². The van der Waals surface area contributed by atoms with Gasteiger partial charge < -0.3 is 14.5 Å². The summed E-state index contributed by atoms with van der Waals surface area (Å²) in [6, 6.07) is 2.19. The maximum atomic E-state index is 6.01. The Balaban J connectivity index is 1.86. The van der Waals surface area contributed by atoms with Crippen LogP contribution in [0.3, 0.4) is 0 Å². The number of hydrogen-bond donors (Lipinski definition) is 1. The summed E-state index contributed by atoms with van der Waals surface area (Å²) in [6.07, 6.45) is 3.95. The molecule has 0 aliphatic carbocycles. The van der Waals surface area contributed by atoms with Gasteiger partial charge in [-0.1, -0.05) is 6.92 Å². The highest BCUT2D eigenvalue weighted by Gasteiger charge is 2.21. The Morgan fingerprint density at radius 2 is 2.29 bits per heavy atom. The molecule has 21 heavy (non-hydrogen) atoms. The summed E-state index contributed by atoms with van der Waals surface area (Å²) >= 11 is 0. The monoisotopic (exact) mass is 294 g/mol. The van der Waals surface area contributed by atoms with E-state index >= 15 is 0 Å². The topological polar surface area (TPSA) is 37.6 Å². The average molecular weight is 294 g/mol. The third-order valence-corrected chi connectivity index (χ3v) is 4.03. The lowest BCUT2D eigenvalue weighted by molar-refractivity contribution is 0.00193. The lowest BCUT2D eigenvalue weighted by Crippen LogP contribution is -2.39. The van der Waals surface area contributed by atoms with Gasteiger partial charge in [0.05, 0.1) is 19.2 Å². The van der Waals surface area contributed by atoms with Crippen molar-refractivity contribution in [3.8, 4) is 0 Å². The van der Waals surface area contributed by atoms with Gasteiger partial charge >= 0.3 is 0 Å². The number of piperidine rings is 1. The molecule has 1 N–H and O–H groups in total. The Morgan fingerprint density at radius 1 is 1.43 bits per heavy atom. The van der Waals surface area contributed by atoms with Gasteiger partial charge in [0.25, 0.3) is 0 Å². The van der Waals surface area contributed by atoms with E-state index in [1.54, 1.807) is 0 Å². The SMILES string of the molecule is CCCNCc1oc(CN2CCCC(OCC)C2)cc1C. The fourth-order valence-corrected chi connectivity index (χ4v) is 2.97. The summed E-state index contributed by atoms with van der Waals surface area (Å²) in [6.45, 7) is 12.1. The zero-order valence-corrected chi connectivity index (χ0v) is 13.8. The van der Waals surface area contributed by atoms with Crippen LogP contribution in [0, 0.1) is 6.92 Å². The van der Waals surface area contributed by atoms with Crippen molar-refractivity contribution in [1.82, 2.24) is 10.2 Å². The third kappa shape index (κ3) is 5.13. The molecule has 120 valence electrons. The molecule has 0 bridgehead atoms. The molecule has 4 heteroatoms. The molecule has 1 saturated heterocycles. The maximum Gasteiger partial charge on any atom is 0.120 e. The minimum absolute atomic E-state index is 0.394. The molecular formula is C17H30N2O2. The highest BCUT2D eigenvalue weighted by Crippen LogP contribution is 2.20. The van der Waals surface area contributed by atoms with Gasteiger partial charge in [0.15, 0.2) is 0 Å². The Hall–Kier alpha value is -0.840. The van der Waals surface area contributed by atoms with Gasteiger partial charge in [0, 0.05) is 13.2 Å². The second kappa shape index (κ2) is 8.57. The normalized spacial score (nSPS) is 20.0. The Labute approximate surface area is 128 Å². The molecule has 1 aromatic rings. The first-order valence-corrected chi connectivity index (χ1v) is 8.35. The molecule has 1 aliphatic rings. The number of nitrogens with zero attached hydrogens (tertiary/aromatic N) is 1. The smallest absolute Gasteiger partial charge is 0.120 e. The Morgan fingerprint density at radius 3 is 3.05 bits per heavy atom. The van der Waals surface area contributed by atoms with E-state index in [4.69, 9.17) is 9.15 Å². The van der Waals surface area contributed by atoms with Gasteiger partial charge in [-0.3, -0.25) is 4.90 Å². The molecule has 1 fully saturated rings. The first-order valence-electron chi connectivity index (χ1n) is 8.35. The number of ether oxygens (including phenoxy) is 1. The number of hydrogen-bond acceptors (Lipinski definition) is 4. The van der Waals surface area contributed by atoms with E-state index in [1.807, 2.05) is 0 Å². The molecule has 2 heterocycles. The van der Waals surface area contributed by atoms with Crippen LogP contribution in [0.4, 0.5) is 0 Å². The molecular weight excluding hydrogens is 264 g/mol. The van der Waals surface area contributed by atoms with Crippen molar-refractivity contribution in [2.75, 3.05) is 26.2 Å². The fraction of sp³-hybridized carbons (Fsp3) is 0.765. The lowest BCUT2D eigenvalue weighted by Gasteiger charge is -2.31. The van der Waals surface area contributed by atoms with Crippen LogP contribution in [0.2, 0.25) is 0 Å². The van der Waals surface area contributed by atoms with E-state index in [0.29, 0.717) is 6.10 Å². The van der Waals surface area contributed by atoms with Crippen LogP contribution >= 0.6 is 0 Å². The van der Waals surface area contributed by atoms with Crippen molar-refractivity contribution in [1.29, 1.82) is 0 Å². The summed E-state index contributed by atoms with van der Waals surface area (Å²) in [5, 5.41) is 3.41. The Bertz CT molecular complexity index is 415. The van der Waals surface area contributed by atoms with E-state index < -0.39 is 0 Å². The van der Waals surface area contributed by atoms with Crippen molar-refractivity contribution in [2.45, 2.75) is 59.2 Å². The second-order valence-corrected chi connectivity index (χ2v) is 5.95. The lowest BCUT2D eigenvalue weighted by atomic mass is 10.1. The van der Waals surface area contributed by atoms with E-state index in [2.05, 4.69) is 37.1 Å². The molecule has 1 aromatic heterocycles. The highest BCUT2D eigenvalue weighted by atomic mass is 16.5. The Kier molecular flexibility index (Phi) is 6.74. The second-order valence-electron chi connectivity index (χ2n) is 5.95. The van der Waals surface area contributed by atoms with Gasteiger partial charge in [-0.15, -0.1) is 0 Å². The van der Waals surface area contributed by atoms with E-state index in [1.165, 1.54) is 18.4 Å². The molecule has 0 spiro atoms. The summed E-state index contributed by atoms with van der Waals surface area (Å²) in [4.78, 5) is 2.45. The molecule has 4 nitrogen and oxygen atoms in total. The summed E-state index contributed by atoms with van der Waals surface area (Å²) < 4.78 is 11.8. The first-order chi connectivity index (χ1) is 10.2. The van der Waals surface area contributed by atoms with Crippen molar-refractivity contribution in [2.24, 2.45) is 0 Å². The van der Waals surface area contributed by atoms with Gasteiger partial charge in [0.1, 0.15) is 11.5 Å². The number of likely N-dealkylation sites (tertiary alicyclic amines) is 1. The van der Waals surface area contributed by atoms with E-state index in [-0.39, 0.29) is 0 Å². The maximum absolute atomic E-state index is 6.01. The van der Waals surface area contributed by atoms with Crippen LogP contribution < -0.4 is 5.32 Å². The number of nitrogens with one attached hydrogen (secondary N) is 1. The molecule has 1 aliphatic heterocycles. The van der Waals surface area contributed by atoms with Gasteiger partial charge in [-0.2, -0.15) is 0 Å². The van der Waals surface area contributed by atoms with Crippen LogP contribution in [0.1, 0.15) is 50.2 Å². The molecule has 1 atom stereocenters.